The van der Waals surface area contributed by atoms with Gasteiger partial charge in [0.25, 0.3) is 0 Å². The Morgan fingerprint density at radius 2 is 1.65 bits per heavy atom. The Hall–Kier alpha value is -2.46. The number of hydrogen-bond donors (Lipinski definition) is 0. The van der Waals surface area contributed by atoms with Crippen LogP contribution in [0.4, 0.5) is 0 Å². The highest BCUT2D eigenvalue weighted by Gasteiger charge is 2.16. The van der Waals surface area contributed by atoms with Crippen molar-refractivity contribution in [2.24, 2.45) is 0 Å². The van der Waals surface area contributed by atoms with E-state index >= 15 is 0 Å². The second-order valence-corrected chi connectivity index (χ2v) is 6.27. The molecule has 0 unspecified atom stereocenters. The fourth-order valence-electron chi connectivity index (χ4n) is 3.11. The van der Waals surface area contributed by atoms with Gasteiger partial charge in [-0.25, -0.2) is 0 Å². The molecule has 0 aromatic heterocycles. The molecule has 0 heterocycles. The first-order valence-corrected chi connectivity index (χ1v) is 9.26. The SMILES string of the molecule is CCN(CC(=O)N(CC)CC)Cc1cc(C=O)ccc1-c1ccccc1. The van der Waals surface area contributed by atoms with Crippen molar-refractivity contribution in [3.8, 4) is 11.1 Å². The Morgan fingerprint density at radius 1 is 0.962 bits per heavy atom. The molecule has 0 saturated carbocycles. The standard InChI is InChI=1S/C22H28N2O2/c1-4-23(16-22(26)24(5-2)6-3)15-20-14-18(17-25)12-13-21(20)19-10-8-7-9-11-19/h7-14,17H,4-6,15-16H2,1-3H3. The minimum Gasteiger partial charge on any atom is -0.342 e. The van der Waals surface area contributed by atoms with Crippen LogP contribution < -0.4 is 0 Å². The molecule has 2 rings (SSSR count). The van der Waals surface area contributed by atoms with Crippen LogP contribution in [0.1, 0.15) is 36.7 Å². The fourth-order valence-corrected chi connectivity index (χ4v) is 3.11. The Balaban J connectivity index is 2.28. The number of carbonyl (C=O) groups excluding carboxylic acids is 2. The smallest absolute Gasteiger partial charge is 0.236 e. The van der Waals surface area contributed by atoms with E-state index in [9.17, 15) is 9.59 Å². The lowest BCUT2D eigenvalue weighted by Crippen LogP contribution is -2.40. The van der Waals surface area contributed by atoms with Gasteiger partial charge in [0.15, 0.2) is 0 Å². The van der Waals surface area contributed by atoms with Crippen molar-refractivity contribution < 1.29 is 9.59 Å². The van der Waals surface area contributed by atoms with Crippen LogP contribution in [0.25, 0.3) is 11.1 Å². The summed E-state index contributed by atoms with van der Waals surface area (Å²) in [7, 11) is 0. The zero-order chi connectivity index (χ0) is 18.9. The number of amides is 1. The quantitative estimate of drug-likeness (QED) is 0.644. The molecule has 0 aliphatic heterocycles. The molecule has 2 aromatic rings. The van der Waals surface area contributed by atoms with Gasteiger partial charge in [-0.15, -0.1) is 0 Å². The predicted octanol–water partition coefficient (Wildman–Crippen LogP) is 3.86. The van der Waals surface area contributed by atoms with Gasteiger partial charge < -0.3 is 4.90 Å². The second-order valence-electron chi connectivity index (χ2n) is 6.27. The zero-order valence-electron chi connectivity index (χ0n) is 15.9. The average Bonchev–Trinajstić information content (AvgIpc) is 2.69. The van der Waals surface area contributed by atoms with Gasteiger partial charge in [0, 0.05) is 25.2 Å². The number of aldehydes is 1. The number of carbonyl (C=O) groups is 2. The Kier molecular flexibility index (Phi) is 7.54. The van der Waals surface area contributed by atoms with Gasteiger partial charge in [-0.05, 0) is 43.1 Å². The molecule has 0 aliphatic rings. The molecule has 1 amide bonds. The van der Waals surface area contributed by atoms with E-state index in [2.05, 4.69) is 24.0 Å². The first kappa shape index (κ1) is 19.9. The maximum absolute atomic E-state index is 12.5. The molecule has 0 fully saturated rings. The normalized spacial score (nSPS) is 10.8. The number of hydrogen-bond acceptors (Lipinski definition) is 3. The Labute approximate surface area is 156 Å². The highest BCUT2D eigenvalue weighted by Crippen LogP contribution is 2.25. The number of nitrogens with zero attached hydrogens (tertiary/aromatic N) is 2. The molecule has 0 bridgehead atoms. The van der Waals surface area contributed by atoms with E-state index in [0.29, 0.717) is 18.7 Å². The Bertz CT molecular complexity index is 724. The van der Waals surface area contributed by atoms with Crippen molar-refractivity contribution in [3.63, 3.8) is 0 Å². The molecular formula is C22H28N2O2. The van der Waals surface area contributed by atoms with Crippen molar-refractivity contribution in [1.82, 2.24) is 9.80 Å². The first-order chi connectivity index (χ1) is 12.6. The van der Waals surface area contributed by atoms with Crippen molar-refractivity contribution in [1.29, 1.82) is 0 Å². The summed E-state index contributed by atoms with van der Waals surface area (Å²) in [6.45, 7) is 9.30. The molecular weight excluding hydrogens is 324 g/mol. The van der Waals surface area contributed by atoms with E-state index in [1.165, 1.54) is 0 Å². The van der Waals surface area contributed by atoms with Gasteiger partial charge in [0.1, 0.15) is 6.29 Å². The average molecular weight is 352 g/mol. The minimum atomic E-state index is 0.143. The van der Waals surface area contributed by atoms with Crippen molar-refractivity contribution >= 4 is 12.2 Å². The number of likely N-dealkylation sites (N-methyl/N-ethyl adjacent to an activating group) is 2. The van der Waals surface area contributed by atoms with Crippen LogP contribution in [0.2, 0.25) is 0 Å². The molecule has 0 aliphatic carbocycles. The zero-order valence-corrected chi connectivity index (χ0v) is 15.9. The number of benzene rings is 2. The maximum Gasteiger partial charge on any atom is 0.236 e. The van der Waals surface area contributed by atoms with Gasteiger partial charge >= 0.3 is 0 Å². The van der Waals surface area contributed by atoms with E-state index in [1.807, 2.05) is 55.1 Å². The van der Waals surface area contributed by atoms with Gasteiger partial charge in [0.05, 0.1) is 6.54 Å². The summed E-state index contributed by atoms with van der Waals surface area (Å²) in [6, 6.07) is 15.9. The summed E-state index contributed by atoms with van der Waals surface area (Å²) in [5, 5.41) is 0. The summed E-state index contributed by atoms with van der Waals surface area (Å²) in [5.74, 6) is 0.143. The van der Waals surface area contributed by atoms with E-state index in [4.69, 9.17) is 0 Å². The number of rotatable bonds is 9. The molecule has 4 heteroatoms. The van der Waals surface area contributed by atoms with Crippen LogP contribution in [-0.2, 0) is 11.3 Å². The molecule has 0 saturated heterocycles. The third-order valence-corrected chi connectivity index (χ3v) is 4.67. The second kappa shape index (κ2) is 9.88. The predicted molar refractivity (Wildman–Crippen MR) is 106 cm³/mol. The van der Waals surface area contributed by atoms with Crippen LogP contribution in [0.15, 0.2) is 48.5 Å². The highest BCUT2D eigenvalue weighted by molar-refractivity contribution is 5.79. The largest absolute Gasteiger partial charge is 0.342 e. The third kappa shape index (κ3) is 5.02. The molecule has 0 spiro atoms. The lowest BCUT2D eigenvalue weighted by atomic mass is 9.97. The maximum atomic E-state index is 12.5. The summed E-state index contributed by atoms with van der Waals surface area (Å²) in [6.07, 6.45) is 0.871. The van der Waals surface area contributed by atoms with Crippen molar-refractivity contribution in [2.45, 2.75) is 27.3 Å². The van der Waals surface area contributed by atoms with E-state index < -0.39 is 0 Å². The van der Waals surface area contributed by atoms with Crippen molar-refractivity contribution in [3.05, 3.63) is 59.7 Å². The van der Waals surface area contributed by atoms with Crippen LogP contribution in [0, 0.1) is 0 Å². The van der Waals surface area contributed by atoms with Crippen molar-refractivity contribution in [2.75, 3.05) is 26.2 Å². The summed E-state index contributed by atoms with van der Waals surface area (Å²) < 4.78 is 0. The molecule has 138 valence electrons. The first-order valence-electron chi connectivity index (χ1n) is 9.26. The highest BCUT2D eigenvalue weighted by atomic mass is 16.2. The Morgan fingerprint density at radius 3 is 2.23 bits per heavy atom. The summed E-state index contributed by atoms with van der Waals surface area (Å²) in [4.78, 5) is 27.7. The van der Waals surface area contributed by atoms with Gasteiger partial charge in [-0.1, -0.05) is 49.4 Å². The van der Waals surface area contributed by atoms with E-state index in [-0.39, 0.29) is 5.91 Å². The van der Waals surface area contributed by atoms with Crippen LogP contribution in [-0.4, -0.2) is 48.2 Å². The molecule has 0 N–H and O–H groups in total. The summed E-state index contributed by atoms with van der Waals surface area (Å²) in [5.41, 5.74) is 3.94. The molecule has 0 atom stereocenters. The lowest BCUT2D eigenvalue weighted by Gasteiger charge is -2.26. The molecule has 0 radical (unpaired) electrons. The van der Waals surface area contributed by atoms with Crippen LogP contribution >= 0.6 is 0 Å². The van der Waals surface area contributed by atoms with E-state index in [0.717, 1.165) is 42.6 Å². The van der Waals surface area contributed by atoms with Gasteiger partial charge in [-0.3, -0.25) is 14.5 Å². The summed E-state index contributed by atoms with van der Waals surface area (Å²) >= 11 is 0. The molecule has 2 aromatic carbocycles. The third-order valence-electron chi connectivity index (χ3n) is 4.67. The lowest BCUT2D eigenvalue weighted by molar-refractivity contribution is -0.132. The topological polar surface area (TPSA) is 40.6 Å². The molecule has 26 heavy (non-hydrogen) atoms. The molecule has 4 nitrogen and oxygen atoms in total. The fraction of sp³-hybridized carbons (Fsp3) is 0.364. The van der Waals surface area contributed by atoms with Crippen LogP contribution in [0.3, 0.4) is 0 Å². The van der Waals surface area contributed by atoms with E-state index in [1.54, 1.807) is 0 Å². The van der Waals surface area contributed by atoms with Crippen LogP contribution in [0.5, 0.6) is 0 Å². The monoisotopic (exact) mass is 352 g/mol. The van der Waals surface area contributed by atoms with Gasteiger partial charge in [-0.2, -0.15) is 0 Å². The van der Waals surface area contributed by atoms with Gasteiger partial charge in [0.2, 0.25) is 5.91 Å². The minimum absolute atomic E-state index is 0.143.